The van der Waals surface area contributed by atoms with Crippen molar-refractivity contribution in [2.45, 2.75) is 6.18 Å². The number of benzene rings is 4. The normalized spacial score (nSPS) is 11.2. The summed E-state index contributed by atoms with van der Waals surface area (Å²) in [5, 5.41) is 7.20. The average Bonchev–Trinajstić information content (AvgIpc) is 3.36. The Kier molecular flexibility index (Phi) is 6.47. The van der Waals surface area contributed by atoms with Gasteiger partial charge in [0.2, 0.25) is 0 Å². The van der Waals surface area contributed by atoms with E-state index in [0.717, 1.165) is 22.4 Å². The number of amides is 1. The molecule has 0 aliphatic carbocycles. The van der Waals surface area contributed by atoms with Gasteiger partial charge in [0.25, 0.3) is 0 Å². The Balaban J connectivity index is 1.40. The van der Waals surface area contributed by atoms with Crippen molar-refractivity contribution in [1.82, 2.24) is 9.78 Å². The number of rotatable bonds is 5. The lowest BCUT2D eigenvalue weighted by Gasteiger charge is -2.08. The Morgan fingerprint density at radius 3 is 1.95 bits per heavy atom. The number of carbonyl (C=O) groups excluding carboxylic acids is 1. The molecule has 184 valence electrons. The van der Waals surface area contributed by atoms with Crippen LogP contribution in [0.2, 0.25) is 0 Å². The highest BCUT2D eigenvalue weighted by Gasteiger charge is 2.30. The quantitative estimate of drug-likeness (QED) is 0.266. The van der Waals surface area contributed by atoms with Crippen molar-refractivity contribution >= 4 is 11.7 Å². The summed E-state index contributed by atoms with van der Waals surface area (Å²) >= 11 is 0. The molecule has 1 amide bonds. The number of aromatic nitrogens is 2. The minimum atomic E-state index is -4.44. The van der Waals surface area contributed by atoms with Crippen LogP contribution >= 0.6 is 0 Å². The fourth-order valence-corrected chi connectivity index (χ4v) is 3.75. The summed E-state index contributed by atoms with van der Waals surface area (Å²) in [6.45, 7) is 0. The van der Waals surface area contributed by atoms with Gasteiger partial charge in [0.15, 0.2) is 0 Å². The number of anilines is 1. The molecule has 5 rings (SSSR count). The molecule has 0 atom stereocenters. The largest absolute Gasteiger partial charge is 0.457 e. The third-order valence-corrected chi connectivity index (χ3v) is 5.58. The van der Waals surface area contributed by atoms with Crippen molar-refractivity contribution in [3.05, 3.63) is 121 Å². The van der Waals surface area contributed by atoms with Gasteiger partial charge in [0.05, 0.1) is 5.56 Å². The van der Waals surface area contributed by atoms with E-state index in [2.05, 4.69) is 10.4 Å². The van der Waals surface area contributed by atoms with E-state index in [0.29, 0.717) is 34.0 Å². The van der Waals surface area contributed by atoms with Gasteiger partial charge in [0.1, 0.15) is 17.2 Å². The number of nitrogens with one attached hydrogen (secondary N) is 1. The molecule has 0 saturated carbocycles. The molecular formula is C29H20F3N3O2. The molecule has 0 fully saturated rings. The number of nitrogens with zero attached hydrogens (tertiary/aromatic N) is 2. The standard InChI is InChI=1S/C29H20F3N3O2/c30-29(31,32)22-13-11-21(12-14-22)27-26(20-7-3-1-4-8-20)19-35(34-27)28(36)33-23-15-17-25(18-16-23)37-24-9-5-2-6-10-24/h1-19H,(H,33,36). The SMILES string of the molecule is O=C(Nc1ccc(Oc2ccccc2)cc1)n1cc(-c2ccccc2)c(-c2ccc(C(F)(F)F)cc2)n1. The second kappa shape index (κ2) is 10.0. The Hall–Kier alpha value is -4.85. The maximum absolute atomic E-state index is 13.0. The molecule has 37 heavy (non-hydrogen) atoms. The summed E-state index contributed by atoms with van der Waals surface area (Å²) in [7, 11) is 0. The Morgan fingerprint density at radius 1 is 0.730 bits per heavy atom. The minimum Gasteiger partial charge on any atom is -0.457 e. The Labute approximate surface area is 210 Å². The molecule has 0 radical (unpaired) electrons. The molecule has 5 nitrogen and oxygen atoms in total. The van der Waals surface area contributed by atoms with Crippen LogP contribution in [-0.2, 0) is 6.18 Å². The molecule has 1 aromatic heterocycles. The van der Waals surface area contributed by atoms with Crippen LogP contribution in [0.4, 0.5) is 23.7 Å². The van der Waals surface area contributed by atoms with Crippen LogP contribution in [0.5, 0.6) is 11.5 Å². The van der Waals surface area contributed by atoms with Gasteiger partial charge >= 0.3 is 12.2 Å². The predicted molar refractivity (Wildman–Crippen MR) is 135 cm³/mol. The fourth-order valence-electron chi connectivity index (χ4n) is 3.75. The zero-order valence-electron chi connectivity index (χ0n) is 19.3. The molecule has 0 spiro atoms. The van der Waals surface area contributed by atoms with Gasteiger partial charge < -0.3 is 10.1 Å². The predicted octanol–water partition coefficient (Wildman–Crippen LogP) is 8.11. The van der Waals surface area contributed by atoms with Crippen molar-refractivity contribution in [2.24, 2.45) is 0 Å². The van der Waals surface area contributed by atoms with E-state index in [1.165, 1.54) is 12.1 Å². The fraction of sp³-hybridized carbons (Fsp3) is 0.0345. The van der Waals surface area contributed by atoms with E-state index in [9.17, 15) is 18.0 Å². The number of para-hydroxylation sites is 1. The molecule has 1 N–H and O–H groups in total. The number of halogens is 3. The monoisotopic (exact) mass is 499 g/mol. The highest BCUT2D eigenvalue weighted by atomic mass is 19.4. The summed E-state index contributed by atoms with van der Waals surface area (Å²) in [6, 6.07) is 29.6. The van der Waals surface area contributed by atoms with Crippen LogP contribution in [0.25, 0.3) is 22.4 Å². The minimum absolute atomic E-state index is 0.390. The molecule has 0 bridgehead atoms. The van der Waals surface area contributed by atoms with Gasteiger partial charge in [-0.1, -0.05) is 60.7 Å². The highest BCUT2D eigenvalue weighted by Crippen LogP contribution is 2.34. The summed E-state index contributed by atoms with van der Waals surface area (Å²) in [5.74, 6) is 1.30. The first-order valence-electron chi connectivity index (χ1n) is 11.3. The first-order valence-corrected chi connectivity index (χ1v) is 11.3. The summed E-state index contributed by atoms with van der Waals surface area (Å²) in [5.41, 5.74) is 2.01. The Morgan fingerprint density at radius 2 is 1.32 bits per heavy atom. The number of carbonyl (C=O) groups is 1. The average molecular weight is 499 g/mol. The zero-order valence-corrected chi connectivity index (χ0v) is 19.3. The van der Waals surface area contributed by atoms with Gasteiger partial charge in [-0.25, -0.2) is 4.79 Å². The second-order valence-corrected chi connectivity index (χ2v) is 8.15. The first-order chi connectivity index (χ1) is 17.9. The third-order valence-electron chi connectivity index (χ3n) is 5.58. The van der Waals surface area contributed by atoms with Crippen LogP contribution in [0.15, 0.2) is 115 Å². The molecule has 0 unspecified atom stereocenters. The number of ether oxygens (including phenoxy) is 1. The van der Waals surface area contributed by atoms with Crippen molar-refractivity contribution < 1.29 is 22.7 Å². The molecule has 1 heterocycles. The third kappa shape index (κ3) is 5.54. The van der Waals surface area contributed by atoms with E-state index >= 15 is 0 Å². The summed E-state index contributed by atoms with van der Waals surface area (Å²) < 4.78 is 46.0. The van der Waals surface area contributed by atoms with Crippen LogP contribution in [0.3, 0.4) is 0 Å². The van der Waals surface area contributed by atoms with E-state index in [4.69, 9.17) is 4.74 Å². The topological polar surface area (TPSA) is 56.1 Å². The van der Waals surface area contributed by atoms with Crippen LogP contribution in [0.1, 0.15) is 5.56 Å². The zero-order chi connectivity index (χ0) is 25.8. The number of hydrogen-bond donors (Lipinski definition) is 1. The summed E-state index contributed by atoms with van der Waals surface area (Å²) in [6.07, 6.45) is -2.88. The van der Waals surface area contributed by atoms with Crippen molar-refractivity contribution in [3.63, 3.8) is 0 Å². The lowest BCUT2D eigenvalue weighted by Crippen LogP contribution is -2.19. The summed E-state index contributed by atoms with van der Waals surface area (Å²) in [4.78, 5) is 13.0. The van der Waals surface area contributed by atoms with Gasteiger partial charge in [0, 0.05) is 23.0 Å². The van der Waals surface area contributed by atoms with Gasteiger partial charge in [-0.15, -0.1) is 0 Å². The maximum atomic E-state index is 13.0. The van der Waals surface area contributed by atoms with E-state index < -0.39 is 17.8 Å². The van der Waals surface area contributed by atoms with Gasteiger partial charge in [-0.05, 0) is 54.1 Å². The number of alkyl halides is 3. The highest BCUT2D eigenvalue weighted by molar-refractivity contribution is 5.92. The van der Waals surface area contributed by atoms with Gasteiger partial charge in [-0.3, -0.25) is 0 Å². The molecular weight excluding hydrogens is 479 g/mol. The van der Waals surface area contributed by atoms with Gasteiger partial charge in [-0.2, -0.15) is 23.0 Å². The lowest BCUT2D eigenvalue weighted by molar-refractivity contribution is -0.137. The Bertz CT molecular complexity index is 1500. The lowest BCUT2D eigenvalue weighted by atomic mass is 10.0. The van der Waals surface area contributed by atoms with Crippen LogP contribution in [0, 0.1) is 0 Å². The van der Waals surface area contributed by atoms with E-state index in [1.807, 2.05) is 60.7 Å². The van der Waals surface area contributed by atoms with Crippen molar-refractivity contribution in [2.75, 3.05) is 5.32 Å². The molecule has 0 aliphatic heterocycles. The second-order valence-electron chi connectivity index (χ2n) is 8.15. The molecule has 8 heteroatoms. The smallest absolute Gasteiger partial charge is 0.416 e. The van der Waals surface area contributed by atoms with Crippen LogP contribution in [-0.4, -0.2) is 15.8 Å². The van der Waals surface area contributed by atoms with Crippen LogP contribution < -0.4 is 10.1 Å². The van der Waals surface area contributed by atoms with E-state index in [1.54, 1.807) is 30.5 Å². The maximum Gasteiger partial charge on any atom is 0.416 e. The molecule has 0 saturated heterocycles. The van der Waals surface area contributed by atoms with Crippen molar-refractivity contribution in [1.29, 1.82) is 0 Å². The molecule has 0 aliphatic rings. The first kappa shape index (κ1) is 23.9. The number of hydrogen-bond acceptors (Lipinski definition) is 3. The molecule has 4 aromatic carbocycles. The van der Waals surface area contributed by atoms with E-state index in [-0.39, 0.29) is 0 Å². The van der Waals surface area contributed by atoms with Crippen molar-refractivity contribution in [3.8, 4) is 33.9 Å². The molecule has 5 aromatic rings.